The Bertz CT molecular complexity index is 1150. The summed E-state index contributed by atoms with van der Waals surface area (Å²) < 4.78 is 47.5. The molecule has 3 rings (SSSR count). The fourth-order valence-corrected chi connectivity index (χ4v) is 4.86. The topological polar surface area (TPSA) is 120 Å². The molecule has 2 aromatic carbocycles. The largest absolute Gasteiger partial charge is 0.495 e. The molecule has 0 atom stereocenters. The maximum absolute atomic E-state index is 12.8. The van der Waals surface area contributed by atoms with Gasteiger partial charge in [0.15, 0.2) is 13.2 Å². The number of ether oxygens (including phenoxy) is 4. The van der Waals surface area contributed by atoms with E-state index in [1.54, 1.807) is 6.07 Å². The van der Waals surface area contributed by atoms with Crippen molar-refractivity contribution in [2.45, 2.75) is 4.90 Å². The molecule has 0 unspecified atom stereocenters. The molecular weight excluding hydrogens is 511 g/mol. The number of rotatable bonds is 9. The van der Waals surface area contributed by atoms with Gasteiger partial charge in [-0.2, -0.15) is 4.31 Å². The summed E-state index contributed by atoms with van der Waals surface area (Å²) in [6.07, 6.45) is 0. The summed E-state index contributed by atoms with van der Waals surface area (Å²) in [5, 5.41) is 3.16. The number of amides is 1. The lowest BCUT2D eigenvalue weighted by atomic mass is 10.3. The van der Waals surface area contributed by atoms with Gasteiger partial charge in [-0.25, -0.2) is 13.2 Å². The van der Waals surface area contributed by atoms with Gasteiger partial charge >= 0.3 is 5.97 Å². The van der Waals surface area contributed by atoms with E-state index in [1.807, 2.05) is 0 Å². The Balaban J connectivity index is 1.55. The van der Waals surface area contributed by atoms with E-state index in [2.05, 4.69) is 5.32 Å². The number of hydrogen-bond acceptors (Lipinski definition) is 8. The van der Waals surface area contributed by atoms with Crippen LogP contribution in [0.2, 0.25) is 10.0 Å². The van der Waals surface area contributed by atoms with Crippen molar-refractivity contribution < 1.29 is 37.0 Å². The number of carbonyl (C=O) groups is 2. The molecule has 0 bridgehead atoms. The van der Waals surface area contributed by atoms with Crippen molar-refractivity contribution in [3.63, 3.8) is 0 Å². The zero-order valence-corrected chi connectivity index (χ0v) is 20.4. The van der Waals surface area contributed by atoms with Crippen LogP contribution in [0.25, 0.3) is 0 Å². The Hall–Kier alpha value is -2.57. The lowest BCUT2D eigenvalue weighted by Gasteiger charge is -2.26. The van der Waals surface area contributed by atoms with Crippen LogP contribution in [0.15, 0.2) is 41.3 Å². The van der Waals surface area contributed by atoms with Crippen LogP contribution >= 0.6 is 23.2 Å². The van der Waals surface area contributed by atoms with Crippen LogP contribution in [0.4, 0.5) is 5.69 Å². The van der Waals surface area contributed by atoms with Crippen molar-refractivity contribution in [3.8, 4) is 11.5 Å². The number of benzene rings is 2. The highest BCUT2D eigenvalue weighted by Crippen LogP contribution is 2.30. The van der Waals surface area contributed by atoms with Crippen LogP contribution in [0.1, 0.15) is 0 Å². The van der Waals surface area contributed by atoms with Gasteiger partial charge in [-0.3, -0.25) is 4.79 Å². The standard InChI is InChI=1S/C21H22Cl2N2O8S/c1-30-19-11-15(34(28,29)25-6-8-31-9-7-25)3-4-17(19)24-20(26)12-33-21(27)13-32-18-5-2-14(22)10-16(18)23/h2-5,10-11H,6-9,12-13H2,1H3,(H,24,26). The maximum Gasteiger partial charge on any atom is 0.344 e. The highest BCUT2D eigenvalue weighted by atomic mass is 35.5. The number of morpholine rings is 1. The molecule has 1 amide bonds. The third kappa shape index (κ3) is 6.73. The number of esters is 1. The predicted molar refractivity (Wildman–Crippen MR) is 124 cm³/mol. The van der Waals surface area contributed by atoms with Gasteiger partial charge < -0.3 is 24.3 Å². The van der Waals surface area contributed by atoms with Crippen molar-refractivity contribution in [1.29, 1.82) is 0 Å². The maximum atomic E-state index is 12.8. The zero-order valence-electron chi connectivity index (χ0n) is 18.1. The van der Waals surface area contributed by atoms with Crippen molar-refractivity contribution in [1.82, 2.24) is 4.31 Å². The fourth-order valence-electron chi connectivity index (χ4n) is 2.97. The first-order valence-electron chi connectivity index (χ1n) is 10.00. The number of nitrogens with one attached hydrogen (secondary N) is 1. The van der Waals surface area contributed by atoms with E-state index in [-0.39, 0.29) is 40.2 Å². The molecule has 1 aliphatic heterocycles. The number of carbonyl (C=O) groups excluding carboxylic acids is 2. The smallest absolute Gasteiger partial charge is 0.344 e. The first-order chi connectivity index (χ1) is 16.2. The molecule has 1 fully saturated rings. The number of halogens is 2. The Kier molecular flexibility index (Phi) is 8.97. The van der Waals surface area contributed by atoms with Crippen molar-refractivity contribution in [2.75, 3.05) is 51.9 Å². The molecule has 0 radical (unpaired) electrons. The highest BCUT2D eigenvalue weighted by Gasteiger charge is 2.27. The average Bonchev–Trinajstić information content (AvgIpc) is 2.83. The summed E-state index contributed by atoms with van der Waals surface area (Å²) in [7, 11) is -2.39. The number of methoxy groups -OCH3 is 1. The molecule has 0 aromatic heterocycles. The summed E-state index contributed by atoms with van der Waals surface area (Å²) >= 11 is 11.8. The molecule has 1 aliphatic rings. The van der Waals surface area contributed by atoms with Crippen molar-refractivity contribution in [3.05, 3.63) is 46.4 Å². The van der Waals surface area contributed by atoms with Gasteiger partial charge in [0.2, 0.25) is 10.0 Å². The predicted octanol–water partition coefficient (Wildman–Crippen LogP) is 2.58. The van der Waals surface area contributed by atoms with Crippen molar-refractivity contribution in [2.24, 2.45) is 0 Å². The van der Waals surface area contributed by atoms with Gasteiger partial charge in [-0.15, -0.1) is 0 Å². The minimum Gasteiger partial charge on any atom is -0.495 e. The molecule has 1 N–H and O–H groups in total. The summed E-state index contributed by atoms with van der Waals surface area (Å²) in [5.74, 6) is -1.07. The molecule has 13 heteroatoms. The van der Waals surface area contributed by atoms with Gasteiger partial charge in [-0.05, 0) is 30.3 Å². The molecule has 0 spiro atoms. The molecule has 0 aliphatic carbocycles. The molecule has 0 saturated carbocycles. The molecule has 1 heterocycles. The highest BCUT2D eigenvalue weighted by molar-refractivity contribution is 7.89. The lowest BCUT2D eigenvalue weighted by molar-refractivity contribution is -0.149. The fraction of sp³-hybridized carbons (Fsp3) is 0.333. The van der Waals surface area contributed by atoms with E-state index in [0.717, 1.165) is 0 Å². The van der Waals surface area contributed by atoms with E-state index in [0.29, 0.717) is 18.2 Å². The van der Waals surface area contributed by atoms with E-state index in [1.165, 1.54) is 41.7 Å². The monoisotopic (exact) mass is 532 g/mol. The van der Waals surface area contributed by atoms with Gasteiger partial charge in [0.25, 0.3) is 5.91 Å². The second-order valence-corrected chi connectivity index (χ2v) is 9.73. The lowest BCUT2D eigenvalue weighted by Crippen LogP contribution is -2.40. The summed E-state index contributed by atoms with van der Waals surface area (Å²) in [6.45, 7) is 0.0898. The summed E-state index contributed by atoms with van der Waals surface area (Å²) in [5.41, 5.74) is 0.216. The molecule has 10 nitrogen and oxygen atoms in total. The van der Waals surface area contributed by atoms with E-state index >= 15 is 0 Å². The average molecular weight is 533 g/mol. The number of hydrogen-bond donors (Lipinski definition) is 1. The van der Waals surface area contributed by atoms with Gasteiger partial charge in [0.1, 0.15) is 11.5 Å². The quantitative estimate of drug-likeness (QED) is 0.489. The van der Waals surface area contributed by atoms with Crippen LogP contribution < -0.4 is 14.8 Å². The van der Waals surface area contributed by atoms with Crippen LogP contribution in [0.3, 0.4) is 0 Å². The second-order valence-electron chi connectivity index (χ2n) is 6.95. The van der Waals surface area contributed by atoms with Crippen molar-refractivity contribution >= 4 is 50.8 Å². The first kappa shape index (κ1) is 26.0. The Morgan fingerprint density at radius 3 is 2.47 bits per heavy atom. The van der Waals surface area contributed by atoms with E-state index < -0.39 is 35.1 Å². The van der Waals surface area contributed by atoms with Crippen LogP contribution in [-0.2, 0) is 29.1 Å². The molecule has 1 saturated heterocycles. The number of sulfonamides is 1. The Labute approximate surface area is 206 Å². The first-order valence-corrected chi connectivity index (χ1v) is 12.2. The number of anilines is 1. The van der Waals surface area contributed by atoms with E-state index in [9.17, 15) is 18.0 Å². The second kappa shape index (κ2) is 11.7. The van der Waals surface area contributed by atoms with Gasteiger partial charge in [-0.1, -0.05) is 23.2 Å². The van der Waals surface area contributed by atoms with E-state index in [4.69, 9.17) is 42.1 Å². The Morgan fingerprint density at radius 2 is 1.79 bits per heavy atom. The molecule has 184 valence electrons. The van der Waals surface area contributed by atoms with Gasteiger partial charge in [0, 0.05) is 24.2 Å². The van der Waals surface area contributed by atoms with Crippen LogP contribution in [0, 0.1) is 0 Å². The third-order valence-electron chi connectivity index (χ3n) is 4.66. The minimum atomic E-state index is -3.74. The molecular formula is C21H22Cl2N2O8S. The normalized spacial score (nSPS) is 14.3. The SMILES string of the molecule is COc1cc(S(=O)(=O)N2CCOCC2)ccc1NC(=O)COC(=O)COc1ccc(Cl)cc1Cl. The van der Waals surface area contributed by atoms with Crippen LogP contribution in [-0.4, -0.2) is 71.2 Å². The van der Waals surface area contributed by atoms with Gasteiger partial charge in [0.05, 0.1) is 35.9 Å². The third-order valence-corrected chi connectivity index (χ3v) is 7.08. The summed E-state index contributed by atoms with van der Waals surface area (Å²) in [4.78, 5) is 24.1. The molecule has 2 aromatic rings. The zero-order chi connectivity index (χ0) is 24.7. The minimum absolute atomic E-state index is 0.0219. The van der Waals surface area contributed by atoms with Crippen LogP contribution in [0.5, 0.6) is 11.5 Å². The Morgan fingerprint density at radius 1 is 1.06 bits per heavy atom. The molecule has 34 heavy (non-hydrogen) atoms. The summed E-state index contributed by atoms with van der Waals surface area (Å²) in [6, 6.07) is 8.58. The number of nitrogens with zero attached hydrogens (tertiary/aromatic N) is 1.